The molecule has 124 valence electrons. The summed E-state index contributed by atoms with van der Waals surface area (Å²) >= 11 is 0. The van der Waals surface area contributed by atoms with Crippen LogP contribution in [0.2, 0.25) is 0 Å². The van der Waals surface area contributed by atoms with Gasteiger partial charge in [-0.05, 0) is 24.1 Å². The van der Waals surface area contributed by atoms with E-state index in [1.807, 2.05) is 37.1 Å². The zero-order valence-electron chi connectivity index (χ0n) is 13.6. The van der Waals surface area contributed by atoms with Gasteiger partial charge in [0.05, 0.1) is 0 Å². The minimum atomic E-state index is 0.115. The summed E-state index contributed by atoms with van der Waals surface area (Å²) in [7, 11) is 1.97. The van der Waals surface area contributed by atoms with Crippen LogP contribution in [0.25, 0.3) is 0 Å². The SMILES string of the molecule is C=C(N)N=C(N)N=C(CC)N(C)CCc1ccc2c(c1)OCO2. The number of aliphatic imine (C=N–C) groups is 2. The van der Waals surface area contributed by atoms with Crippen molar-refractivity contribution in [1.82, 2.24) is 4.90 Å². The number of likely N-dealkylation sites (N-methyl/N-ethyl adjacent to an activating group) is 1. The summed E-state index contributed by atoms with van der Waals surface area (Å²) < 4.78 is 10.7. The second-order valence-electron chi connectivity index (χ2n) is 5.20. The number of benzene rings is 1. The first kappa shape index (κ1) is 16.7. The fraction of sp³-hybridized carbons (Fsp3) is 0.375. The van der Waals surface area contributed by atoms with Crippen molar-refractivity contribution in [2.24, 2.45) is 21.5 Å². The van der Waals surface area contributed by atoms with Gasteiger partial charge in [-0.15, -0.1) is 0 Å². The first-order valence-electron chi connectivity index (χ1n) is 7.45. The molecule has 1 aromatic carbocycles. The second kappa shape index (κ2) is 7.53. The smallest absolute Gasteiger partial charge is 0.231 e. The van der Waals surface area contributed by atoms with Gasteiger partial charge in [0.25, 0.3) is 0 Å². The number of guanidine groups is 1. The first-order chi connectivity index (χ1) is 11.0. The van der Waals surface area contributed by atoms with Crippen molar-refractivity contribution >= 4 is 11.8 Å². The maximum absolute atomic E-state index is 5.72. The fourth-order valence-electron chi connectivity index (χ4n) is 2.26. The zero-order valence-corrected chi connectivity index (χ0v) is 13.6. The number of hydrogen-bond donors (Lipinski definition) is 2. The molecule has 0 unspecified atom stereocenters. The van der Waals surface area contributed by atoms with Gasteiger partial charge in [0.1, 0.15) is 11.7 Å². The van der Waals surface area contributed by atoms with Gasteiger partial charge in [0.15, 0.2) is 11.5 Å². The van der Waals surface area contributed by atoms with E-state index in [4.69, 9.17) is 20.9 Å². The van der Waals surface area contributed by atoms with Crippen molar-refractivity contribution in [2.45, 2.75) is 19.8 Å². The molecule has 1 aliphatic rings. The van der Waals surface area contributed by atoms with E-state index in [-0.39, 0.29) is 18.6 Å². The lowest BCUT2D eigenvalue weighted by atomic mass is 10.1. The summed E-state index contributed by atoms with van der Waals surface area (Å²) in [5, 5.41) is 0. The first-order valence-corrected chi connectivity index (χ1v) is 7.45. The van der Waals surface area contributed by atoms with Crippen LogP contribution in [0.5, 0.6) is 11.5 Å². The van der Waals surface area contributed by atoms with Crippen LogP contribution in [-0.4, -0.2) is 37.1 Å². The average molecular weight is 317 g/mol. The molecule has 0 atom stereocenters. The molecule has 0 aliphatic carbocycles. The lowest BCUT2D eigenvalue weighted by molar-refractivity contribution is 0.174. The molecular formula is C16H23N5O2. The summed E-state index contributed by atoms with van der Waals surface area (Å²) in [6.45, 7) is 6.58. The molecule has 0 spiro atoms. The Kier molecular flexibility index (Phi) is 5.46. The Hall–Kier alpha value is -2.70. The summed E-state index contributed by atoms with van der Waals surface area (Å²) in [4.78, 5) is 10.2. The number of rotatable bonds is 5. The molecule has 0 saturated carbocycles. The van der Waals surface area contributed by atoms with Crippen LogP contribution >= 0.6 is 0 Å². The standard InChI is InChI=1S/C16H23N5O2/c1-4-15(20-16(18)19-11(2)17)21(3)8-7-12-5-6-13-14(9-12)23-10-22-13/h5-6,9H,2,4,7-8,10,17H2,1,3H3,(H2,18,19). The highest BCUT2D eigenvalue weighted by Crippen LogP contribution is 2.32. The molecule has 0 saturated heterocycles. The van der Waals surface area contributed by atoms with Crippen LogP contribution in [0, 0.1) is 0 Å². The van der Waals surface area contributed by atoms with Gasteiger partial charge in [0.2, 0.25) is 12.8 Å². The Morgan fingerprint density at radius 1 is 1.26 bits per heavy atom. The summed E-state index contributed by atoms with van der Waals surface area (Å²) in [5.41, 5.74) is 12.3. The Morgan fingerprint density at radius 3 is 2.70 bits per heavy atom. The molecule has 0 fully saturated rings. The van der Waals surface area contributed by atoms with Crippen molar-refractivity contribution in [2.75, 3.05) is 20.4 Å². The molecule has 1 heterocycles. The van der Waals surface area contributed by atoms with Crippen molar-refractivity contribution in [3.8, 4) is 11.5 Å². The number of amidine groups is 1. The van der Waals surface area contributed by atoms with Gasteiger partial charge in [-0.1, -0.05) is 19.6 Å². The number of nitrogens with two attached hydrogens (primary N) is 2. The van der Waals surface area contributed by atoms with E-state index < -0.39 is 0 Å². The minimum absolute atomic E-state index is 0.115. The Balaban J connectivity index is 1.98. The molecule has 7 nitrogen and oxygen atoms in total. The number of fused-ring (bicyclic) bond motifs is 1. The molecule has 1 aliphatic heterocycles. The highest BCUT2D eigenvalue weighted by Gasteiger charge is 2.13. The molecule has 4 N–H and O–H groups in total. The quantitative estimate of drug-likeness (QED) is 0.632. The molecule has 0 amide bonds. The number of nitrogens with zero attached hydrogens (tertiary/aromatic N) is 3. The lowest BCUT2D eigenvalue weighted by Gasteiger charge is -2.20. The Morgan fingerprint density at radius 2 is 2.00 bits per heavy atom. The molecule has 0 aromatic heterocycles. The van der Waals surface area contributed by atoms with Crippen LogP contribution in [0.1, 0.15) is 18.9 Å². The van der Waals surface area contributed by atoms with Crippen LogP contribution < -0.4 is 20.9 Å². The van der Waals surface area contributed by atoms with E-state index in [0.29, 0.717) is 0 Å². The van der Waals surface area contributed by atoms with Gasteiger partial charge in [0, 0.05) is 20.0 Å². The highest BCUT2D eigenvalue weighted by molar-refractivity contribution is 5.95. The average Bonchev–Trinajstić information content (AvgIpc) is 2.97. The molecule has 7 heteroatoms. The monoisotopic (exact) mass is 317 g/mol. The zero-order chi connectivity index (χ0) is 16.8. The Bertz CT molecular complexity index is 639. The van der Waals surface area contributed by atoms with Gasteiger partial charge in [-0.3, -0.25) is 0 Å². The number of ether oxygens (including phenoxy) is 2. The molecular weight excluding hydrogens is 294 g/mol. The van der Waals surface area contributed by atoms with Crippen molar-refractivity contribution in [1.29, 1.82) is 0 Å². The van der Waals surface area contributed by atoms with Gasteiger partial charge in [-0.25, -0.2) is 4.99 Å². The molecule has 23 heavy (non-hydrogen) atoms. The maximum atomic E-state index is 5.72. The normalized spacial score (nSPS) is 14.0. The highest BCUT2D eigenvalue weighted by atomic mass is 16.7. The largest absolute Gasteiger partial charge is 0.454 e. The Labute approximate surface area is 136 Å². The van der Waals surface area contributed by atoms with Gasteiger partial charge < -0.3 is 25.8 Å². The molecule has 0 radical (unpaired) electrons. The molecule has 0 bridgehead atoms. The topological polar surface area (TPSA) is 98.5 Å². The van der Waals surface area contributed by atoms with E-state index in [2.05, 4.69) is 16.6 Å². The van der Waals surface area contributed by atoms with Gasteiger partial charge >= 0.3 is 0 Å². The molecule has 1 aromatic rings. The van der Waals surface area contributed by atoms with Crippen LogP contribution in [0.15, 0.2) is 40.6 Å². The van der Waals surface area contributed by atoms with Crippen molar-refractivity contribution in [3.63, 3.8) is 0 Å². The third-order valence-corrected chi connectivity index (χ3v) is 3.43. The van der Waals surface area contributed by atoms with Crippen molar-refractivity contribution in [3.05, 3.63) is 36.2 Å². The van der Waals surface area contributed by atoms with Crippen LogP contribution in [-0.2, 0) is 6.42 Å². The predicted molar refractivity (Wildman–Crippen MR) is 91.6 cm³/mol. The van der Waals surface area contributed by atoms with Crippen molar-refractivity contribution < 1.29 is 9.47 Å². The van der Waals surface area contributed by atoms with Gasteiger partial charge in [-0.2, -0.15) is 4.99 Å². The number of hydrogen-bond acceptors (Lipinski definition) is 4. The fourth-order valence-corrected chi connectivity index (χ4v) is 2.26. The third kappa shape index (κ3) is 4.64. The van der Waals surface area contributed by atoms with E-state index in [0.717, 1.165) is 36.7 Å². The minimum Gasteiger partial charge on any atom is -0.454 e. The third-order valence-electron chi connectivity index (χ3n) is 3.43. The second-order valence-corrected chi connectivity index (χ2v) is 5.20. The summed E-state index contributed by atoms with van der Waals surface area (Å²) in [5.74, 6) is 2.69. The van der Waals surface area contributed by atoms with E-state index in [9.17, 15) is 0 Å². The lowest BCUT2D eigenvalue weighted by Crippen LogP contribution is -2.30. The van der Waals surface area contributed by atoms with E-state index >= 15 is 0 Å². The van der Waals surface area contributed by atoms with E-state index in [1.165, 1.54) is 5.56 Å². The van der Waals surface area contributed by atoms with Crippen LogP contribution in [0.4, 0.5) is 0 Å². The van der Waals surface area contributed by atoms with E-state index in [1.54, 1.807) is 0 Å². The maximum Gasteiger partial charge on any atom is 0.231 e. The summed E-state index contributed by atoms with van der Waals surface area (Å²) in [6.07, 6.45) is 1.59. The van der Waals surface area contributed by atoms with Crippen LogP contribution in [0.3, 0.4) is 0 Å². The molecule has 2 rings (SSSR count). The predicted octanol–water partition coefficient (Wildman–Crippen LogP) is 1.44. The summed E-state index contributed by atoms with van der Waals surface area (Å²) in [6, 6.07) is 5.98.